The predicted molar refractivity (Wildman–Crippen MR) is 152 cm³/mol. The van der Waals surface area contributed by atoms with Crippen LogP contribution in [-0.4, -0.2) is 25.0 Å². The van der Waals surface area contributed by atoms with E-state index in [0.29, 0.717) is 17.0 Å². The summed E-state index contributed by atoms with van der Waals surface area (Å²) in [4.78, 5) is 0. The van der Waals surface area contributed by atoms with Gasteiger partial charge in [-0.1, -0.05) is 38.1 Å². The molecule has 0 aliphatic rings. The number of fused-ring (bicyclic) bond motifs is 3. The molecule has 0 saturated heterocycles. The second kappa shape index (κ2) is 8.89. The highest BCUT2D eigenvalue weighted by molar-refractivity contribution is 6.11. The van der Waals surface area contributed by atoms with E-state index >= 15 is 0 Å². The van der Waals surface area contributed by atoms with Gasteiger partial charge in [-0.05, 0) is 83.3 Å². The minimum absolute atomic E-state index is 0.00654. The zero-order chi connectivity index (χ0) is 26.6. The Balaban J connectivity index is 1.63. The molecule has 0 unspecified atom stereocenters. The third-order valence-electron chi connectivity index (χ3n) is 7.17. The second-order valence-corrected chi connectivity index (χ2v) is 9.95. The molecular formula is C33H27NO4. The Bertz CT molecular complexity index is 1720. The molecule has 0 radical (unpaired) electrons. The van der Waals surface area contributed by atoms with Crippen LogP contribution < -0.4 is 0 Å². The number of hydrogen-bond acceptors (Lipinski definition) is 4. The highest BCUT2D eigenvalue weighted by atomic mass is 16.3. The van der Waals surface area contributed by atoms with Gasteiger partial charge in [0.25, 0.3) is 0 Å². The van der Waals surface area contributed by atoms with Crippen molar-refractivity contribution >= 4 is 21.8 Å². The molecule has 6 aromatic rings. The quantitative estimate of drug-likeness (QED) is 0.197. The highest BCUT2D eigenvalue weighted by Crippen LogP contribution is 2.40. The van der Waals surface area contributed by atoms with Gasteiger partial charge in [-0.2, -0.15) is 0 Å². The van der Waals surface area contributed by atoms with E-state index in [9.17, 15) is 20.4 Å². The van der Waals surface area contributed by atoms with Crippen molar-refractivity contribution in [2.75, 3.05) is 0 Å². The van der Waals surface area contributed by atoms with Gasteiger partial charge in [-0.3, -0.25) is 0 Å². The third-order valence-corrected chi connectivity index (χ3v) is 7.17. The number of hydrogen-bond donors (Lipinski definition) is 4. The molecule has 0 amide bonds. The zero-order valence-electron chi connectivity index (χ0n) is 21.1. The van der Waals surface area contributed by atoms with Crippen molar-refractivity contribution in [2.24, 2.45) is 0 Å². The lowest BCUT2D eigenvalue weighted by molar-refractivity contribution is 0.451. The average Bonchev–Trinajstić information content (AvgIpc) is 3.21. The number of aromatic hydroxyl groups is 4. The first-order valence-corrected chi connectivity index (χ1v) is 12.5. The fraction of sp³-hybridized carbons (Fsp3) is 0.0909. The van der Waals surface area contributed by atoms with Gasteiger partial charge in [-0.15, -0.1) is 0 Å². The third kappa shape index (κ3) is 3.89. The fourth-order valence-electron chi connectivity index (χ4n) is 5.17. The van der Waals surface area contributed by atoms with E-state index in [-0.39, 0.29) is 23.0 Å². The largest absolute Gasteiger partial charge is 0.508 e. The van der Waals surface area contributed by atoms with Crippen molar-refractivity contribution in [2.45, 2.75) is 19.8 Å². The summed E-state index contributed by atoms with van der Waals surface area (Å²) >= 11 is 0. The van der Waals surface area contributed by atoms with E-state index in [1.165, 1.54) is 17.7 Å². The van der Waals surface area contributed by atoms with E-state index in [0.717, 1.165) is 38.6 Å². The van der Waals surface area contributed by atoms with Gasteiger partial charge in [0.2, 0.25) is 0 Å². The molecule has 6 rings (SSSR count). The Morgan fingerprint density at radius 2 is 1.00 bits per heavy atom. The molecule has 1 aromatic heterocycles. The van der Waals surface area contributed by atoms with E-state index < -0.39 is 0 Å². The van der Waals surface area contributed by atoms with Crippen molar-refractivity contribution in [1.82, 2.24) is 4.57 Å². The Hall–Kier alpha value is -4.90. The number of benzene rings is 5. The molecule has 0 aliphatic heterocycles. The molecule has 0 aliphatic carbocycles. The predicted octanol–water partition coefficient (Wildman–Crippen LogP) is 8.06. The van der Waals surface area contributed by atoms with Gasteiger partial charge in [-0.25, -0.2) is 0 Å². The molecule has 5 aromatic carbocycles. The van der Waals surface area contributed by atoms with Gasteiger partial charge in [0.05, 0.1) is 11.0 Å². The van der Waals surface area contributed by atoms with Gasteiger partial charge < -0.3 is 25.0 Å². The second-order valence-electron chi connectivity index (χ2n) is 9.95. The molecule has 0 spiro atoms. The van der Waals surface area contributed by atoms with Crippen LogP contribution in [0.5, 0.6) is 23.0 Å². The first kappa shape index (κ1) is 23.5. The van der Waals surface area contributed by atoms with Crippen molar-refractivity contribution in [1.29, 1.82) is 0 Å². The summed E-state index contributed by atoms with van der Waals surface area (Å²) in [6.07, 6.45) is 0. The van der Waals surface area contributed by atoms with E-state index in [4.69, 9.17) is 0 Å². The number of nitrogens with zero attached hydrogens (tertiary/aromatic N) is 1. The Kier molecular flexibility index (Phi) is 5.50. The zero-order valence-corrected chi connectivity index (χ0v) is 21.1. The summed E-state index contributed by atoms with van der Waals surface area (Å²) in [6, 6.07) is 29.9. The minimum atomic E-state index is 0.00654. The molecule has 188 valence electrons. The van der Waals surface area contributed by atoms with Crippen LogP contribution in [0.25, 0.3) is 49.7 Å². The number of phenolic OH excluding ortho intramolecular Hbond substituents is 4. The maximum Gasteiger partial charge on any atom is 0.127 e. The lowest BCUT2D eigenvalue weighted by atomic mass is 9.99. The highest BCUT2D eigenvalue weighted by Gasteiger charge is 2.17. The first-order chi connectivity index (χ1) is 18.3. The molecule has 1 heterocycles. The summed E-state index contributed by atoms with van der Waals surface area (Å²) in [6.45, 7) is 4.35. The number of aromatic nitrogens is 1. The van der Waals surface area contributed by atoms with Crippen LogP contribution in [0, 0.1) is 0 Å². The molecule has 0 bridgehead atoms. The molecule has 0 fully saturated rings. The van der Waals surface area contributed by atoms with Gasteiger partial charge in [0, 0.05) is 39.7 Å². The normalized spacial score (nSPS) is 11.6. The molecule has 0 atom stereocenters. The van der Waals surface area contributed by atoms with Crippen molar-refractivity contribution in [3.05, 3.63) is 103 Å². The summed E-state index contributed by atoms with van der Waals surface area (Å²) in [5.41, 5.74) is 7.21. The number of rotatable bonds is 4. The average molecular weight is 502 g/mol. The Morgan fingerprint density at radius 1 is 0.526 bits per heavy atom. The van der Waals surface area contributed by atoms with Crippen LogP contribution in [0.15, 0.2) is 97.1 Å². The van der Waals surface area contributed by atoms with Crippen molar-refractivity contribution in [3.8, 4) is 50.9 Å². The van der Waals surface area contributed by atoms with Gasteiger partial charge in [0.1, 0.15) is 23.0 Å². The summed E-state index contributed by atoms with van der Waals surface area (Å²) in [5, 5.41) is 42.5. The molecule has 5 heteroatoms. The maximum atomic E-state index is 10.5. The van der Waals surface area contributed by atoms with Crippen LogP contribution in [0.1, 0.15) is 25.3 Å². The van der Waals surface area contributed by atoms with Crippen LogP contribution in [0.2, 0.25) is 0 Å². The van der Waals surface area contributed by atoms with E-state index in [2.05, 4.69) is 42.7 Å². The lowest BCUT2D eigenvalue weighted by Crippen LogP contribution is -1.95. The monoisotopic (exact) mass is 501 g/mol. The first-order valence-electron chi connectivity index (χ1n) is 12.5. The molecule has 4 N–H and O–H groups in total. The maximum absolute atomic E-state index is 10.5. The molecular weight excluding hydrogens is 474 g/mol. The van der Waals surface area contributed by atoms with E-state index in [1.54, 1.807) is 24.3 Å². The molecule has 5 nitrogen and oxygen atoms in total. The van der Waals surface area contributed by atoms with Crippen molar-refractivity contribution < 1.29 is 20.4 Å². The topological polar surface area (TPSA) is 85.9 Å². The smallest absolute Gasteiger partial charge is 0.127 e. The van der Waals surface area contributed by atoms with Crippen LogP contribution in [0.3, 0.4) is 0 Å². The standard InChI is InChI=1S/C33H27NO4/c1-19(2)20-3-7-23(8-4-20)34-30-13-5-21(26-11-9-24(35)17-32(26)37)15-28(30)29-16-22(6-14-31(29)34)27-12-10-25(36)18-33(27)38/h3-19,35-38H,1-2H3. The number of phenols is 4. The lowest BCUT2D eigenvalue weighted by Gasteiger charge is -2.11. The minimum Gasteiger partial charge on any atom is -0.508 e. The van der Waals surface area contributed by atoms with Crippen LogP contribution >= 0.6 is 0 Å². The van der Waals surface area contributed by atoms with Gasteiger partial charge >= 0.3 is 0 Å². The Morgan fingerprint density at radius 3 is 1.42 bits per heavy atom. The Labute approximate surface area is 220 Å². The molecule has 0 saturated carbocycles. The van der Waals surface area contributed by atoms with Crippen LogP contribution in [0.4, 0.5) is 0 Å². The SMILES string of the molecule is CC(C)c1ccc(-n2c3ccc(-c4ccc(O)cc4O)cc3c3cc(-c4ccc(O)cc4O)ccc32)cc1. The van der Waals surface area contributed by atoms with E-state index in [1.807, 2.05) is 36.4 Å². The molecule has 38 heavy (non-hydrogen) atoms. The van der Waals surface area contributed by atoms with Crippen molar-refractivity contribution in [3.63, 3.8) is 0 Å². The summed E-state index contributed by atoms with van der Waals surface area (Å²) in [5.74, 6) is 0.460. The van der Waals surface area contributed by atoms with Gasteiger partial charge in [0.15, 0.2) is 0 Å². The fourth-order valence-corrected chi connectivity index (χ4v) is 5.17. The summed E-state index contributed by atoms with van der Waals surface area (Å²) < 4.78 is 2.22. The summed E-state index contributed by atoms with van der Waals surface area (Å²) in [7, 11) is 0. The van der Waals surface area contributed by atoms with Crippen LogP contribution in [-0.2, 0) is 0 Å².